The number of phenols is 1. The molecule has 2 rings (SSSR count). The molecule has 0 heterocycles. The van der Waals surface area contributed by atoms with Crippen LogP contribution >= 0.6 is 11.6 Å². The summed E-state index contributed by atoms with van der Waals surface area (Å²) in [5.74, 6) is 0.365. The van der Waals surface area contributed by atoms with Crippen molar-refractivity contribution in [1.82, 2.24) is 0 Å². The van der Waals surface area contributed by atoms with Crippen LogP contribution in [-0.4, -0.2) is 10.9 Å². The zero-order chi connectivity index (χ0) is 15.4. The van der Waals surface area contributed by atoms with E-state index < -0.39 is 0 Å². The SMILES string of the molecule is CCc1cc(C(C)=O)c(O)cc1OCc1cccc(Cl)c1. The number of Topliss-reactive ketones (excluding diaryl/α,β-unsaturated/α-hetero) is 1. The number of rotatable bonds is 5. The highest BCUT2D eigenvalue weighted by atomic mass is 35.5. The number of benzene rings is 2. The lowest BCUT2D eigenvalue weighted by Crippen LogP contribution is -2.01. The summed E-state index contributed by atoms with van der Waals surface area (Å²) < 4.78 is 5.75. The Morgan fingerprint density at radius 2 is 2.05 bits per heavy atom. The van der Waals surface area contributed by atoms with Crippen LogP contribution in [0.2, 0.25) is 5.02 Å². The third-order valence-electron chi connectivity index (χ3n) is 3.22. The van der Waals surface area contributed by atoms with Gasteiger partial charge in [0.25, 0.3) is 0 Å². The van der Waals surface area contributed by atoms with Crippen molar-refractivity contribution in [2.24, 2.45) is 0 Å². The minimum Gasteiger partial charge on any atom is -0.507 e. The lowest BCUT2D eigenvalue weighted by atomic mass is 10.0. The molecule has 2 aromatic carbocycles. The van der Waals surface area contributed by atoms with Gasteiger partial charge >= 0.3 is 0 Å². The van der Waals surface area contributed by atoms with E-state index in [1.165, 1.54) is 13.0 Å². The molecule has 0 amide bonds. The van der Waals surface area contributed by atoms with Crippen LogP contribution in [0.5, 0.6) is 11.5 Å². The molecule has 0 spiro atoms. The molecule has 21 heavy (non-hydrogen) atoms. The van der Waals surface area contributed by atoms with Crippen LogP contribution in [0.15, 0.2) is 36.4 Å². The van der Waals surface area contributed by atoms with Crippen molar-refractivity contribution < 1.29 is 14.6 Å². The first-order chi connectivity index (χ1) is 10.0. The number of ketones is 1. The summed E-state index contributed by atoms with van der Waals surface area (Å²) >= 11 is 5.93. The van der Waals surface area contributed by atoms with Crippen LogP contribution in [0.1, 0.15) is 35.3 Å². The lowest BCUT2D eigenvalue weighted by Gasteiger charge is -2.13. The number of hydrogen-bond acceptors (Lipinski definition) is 3. The maximum Gasteiger partial charge on any atom is 0.163 e. The molecule has 0 fully saturated rings. The normalized spacial score (nSPS) is 10.4. The highest BCUT2D eigenvalue weighted by Gasteiger charge is 2.12. The highest BCUT2D eigenvalue weighted by molar-refractivity contribution is 6.30. The van der Waals surface area contributed by atoms with Gasteiger partial charge in [0.15, 0.2) is 5.78 Å². The minimum atomic E-state index is -0.163. The number of aromatic hydroxyl groups is 1. The van der Waals surface area contributed by atoms with Crippen molar-refractivity contribution >= 4 is 17.4 Å². The average molecular weight is 305 g/mol. The molecular weight excluding hydrogens is 288 g/mol. The fraction of sp³-hybridized carbons (Fsp3) is 0.235. The summed E-state index contributed by atoms with van der Waals surface area (Å²) in [6.07, 6.45) is 0.714. The Morgan fingerprint density at radius 3 is 2.67 bits per heavy atom. The smallest absolute Gasteiger partial charge is 0.163 e. The lowest BCUT2D eigenvalue weighted by molar-refractivity contribution is 0.101. The third-order valence-corrected chi connectivity index (χ3v) is 3.46. The molecule has 2 aromatic rings. The summed E-state index contributed by atoms with van der Waals surface area (Å²) in [6, 6.07) is 10.6. The van der Waals surface area contributed by atoms with Gasteiger partial charge in [-0.05, 0) is 42.7 Å². The van der Waals surface area contributed by atoms with E-state index in [4.69, 9.17) is 16.3 Å². The number of phenolic OH excluding ortho intramolecular Hbond substituents is 1. The van der Waals surface area contributed by atoms with Crippen LogP contribution in [0, 0.1) is 0 Å². The van der Waals surface area contributed by atoms with Crippen molar-refractivity contribution in [3.05, 3.63) is 58.1 Å². The van der Waals surface area contributed by atoms with Gasteiger partial charge in [-0.15, -0.1) is 0 Å². The predicted molar refractivity (Wildman–Crippen MR) is 83.3 cm³/mol. The summed E-state index contributed by atoms with van der Waals surface area (Å²) in [7, 11) is 0. The maximum absolute atomic E-state index is 11.4. The monoisotopic (exact) mass is 304 g/mol. The van der Waals surface area contributed by atoms with E-state index >= 15 is 0 Å². The first-order valence-corrected chi connectivity index (χ1v) is 7.13. The van der Waals surface area contributed by atoms with Crippen molar-refractivity contribution in [3.8, 4) is 11.5 Å². The van der Waals surface area contributed by atoms with Gasteiger partial charge in [-0.1, -0.05) is 30.7 Å². The number of halogens is 1. The third kappa shape index (κ3) is 3.76. The van der Waals surface area contributed by atoms with Crippen molar-refractivity contribution in [2.45, 2.75) is 26.9 Å². The van der Waals surface area contributed by atoms with Crippen LogP contribution in [0.25, 0.3) is 0 Å². The fourth-order valence-electron chi connectivity index (χ4n) is 2.09. The van der Waals surface area contributed by atoms with E-state index in [0.717, 1.165) is 11.1 Å². The van der Waals surface area contributed by atoms with Gasteiger partial charge in [0.2, 0.25) is 0 Å². The van der Waals surface area contributed by atoms with E-state index in [-0.39, 0.29) is 11.5 Å². The van der Waals surface area contributed by atoms with E-state index in [9.17, 15) is 9.90 Å². The van der Waals surface area contributed by atoms with Crippen molar-refractivity contribution in [3.63, 3.8) is 0 Å². The Kier molecular flexibility index (Phi) is 4.86. The molecule has 4 heteroatoms. The first-order valence-electron chi connectivity index (χ1n) is 6.75. The molecule has 0 bridgehead atoms. The number of carbonyl (C=O) groups excluding carboxylic acids is 1. The molecule has 0 unspecified atom stereocenters. The van der Waals surface area contributed by atoms with E-state index in [0.29, 0.717) is 29.4 Å². The predicted octanol–water partition coefficient (Wildman–Crippen LogP) is 4.39. The molecule has 0 saturated carbocycles. The van der Waals surface area contributed by atoms with Gasteiger partial charge in [-0.2, -0.15) is 0 Å². The van der Waals surface area contributed by atoms with Gasteiger partial charge in [0, 0.05) is 11.1 Å². The topological polar surface area (TPSA) is 46.5 Å². The molecule has 0 aromatic heterocycles. The summed E-state index contributed by atoms with van der Waals surface area (Å²) in [5.41, 5.74) is 2.15. The first kappa shape index (κ1) is 15.4. The van der Waals surface area contributed by atoms with Gasteiger partial charge in [-0.25, -0.2) is 0 Å². The second kappa shape index (κ2) is 6.64. The van der Waals surface area contributed by atoms with Crippen LogP contribution in [-0.2, 0) is 13.0 Å². The summed E-state index contributed by atoms with van der Waals surface area (Å²) in [5, 5.41) is 10.6. The quantitative estimate of drug-likeness (QED) is 0.833. The Hall–Kier alpha value is -2.00. The number of carbonyl (C=O) groups is 1. The number of ether oxygens (including phenoxy) is 1. The molecule has 0 aliphatic carbocycles. The number of aryl methyl sites for hydroxylation is 1. The van der Waals surface area contributed by atoms with Crippen molar-refractivity contribution in [1.29, 1.82) is 0 Å². The summed E-state index contributed by atoms with van der Waals surface area (Å²) in [6.45, 7) is 3.76. The van der Waals surface area contributed by atoms with Gasteiger partial charge in [-0.3, -0.25) is 4.79 Å². The van der Waals surface area contributed by atoms with Crippen molar-refractivity contribution in [2.75, 3.05) is 0 Å². The zero-order valence-corrected chi connectivity index (χ0v) is 12.8. The second-order valence-corrected chi connectivity index (χ2v) is 5.24. The zero-order valence-electron chi connectivity index (χ0n) is 12.0. The Labute approximate surface area is 129 Å². The van der Waals surface area contributed by atoms with E-state index in [1.807, 2.05) is 25.1 Å². The standard InChI is InChI=1S/C17H17ClO3/c1-3-13-8-15(11(2)19)16(20)9-17(13)21-10-12-5-4-6-14(18)7-12/h4-9,20H,3,10H2,1-2H3. The molecule has 0 aliphatic heterocycles. The van der Waals surface area contributed by atoms with E-state index in [2.05, 4.69) is 0 Å². The molecule has 3 nitrogen and oxygen atoms in total. The fourth-order valence-corrected chi connectivity index (χ4v) is 2.31. The maximum atomic E-state index is 11.4. The molecule has 0 saturated heterocycles. The Bertz CT molecular complexity index is 665. The largest absolute Gasteiger partial charge is 0.507 e. The molecular formula is C17H17ClO3. The van der Waals surface area contributed by atoms with Gasteiger partial charge in [0.05, 0.1) is 5.56 Å². The molecule has 0 radical (unpaired) electrons. The molecule has 0 atom stereocenters. The Balaban J connectivity index is 2.23. The molecule has 0 aliphatic rings. The van der Waals surface area contributed by atoms with Crippen LogP contribution < -0.4 is 4.74 Å². The second-order valence-electron chi connectivity index (χ2n) is 4.81. The molecule has 110 valence electrons. The van der Waals surface area contributed by atoms with E-state index in [1.54, 1.807) is 12.1 Å². The van der Waals surface area contributed by atoms with Gasteiger partial charge < -0.3 is 9.84 Å². The number of hydrogen-bond donors (Lipinski definition) is 1. The van der Waals surface area contributed by atoms with Crippen LogP contribution in [0.4, 0.5) is 0 Å². The minimum absolute atomic E-state index is 0.0548. The molecule has 1 N–H and O–H groups in total. The van der Waals surface area contributed by atoms with Crippen LogP contribution in [0.3, 0.4) is 0 Å². The van der Waals surface area contributed by atoms with Gasteiger partial charge in [0.1, 0.15) is 18.1 Å². The highest BCUT2D eigenvalue weighted by Crippen LogP contribution is 2.30. The average Bonchev–Trinajstić information content (AvgIpc) is 2.45. The summed E-state index contributed by atoms with van der Waals surface area (Å²) in [4.78, 5) is 11.4. The Morgan fingerprint density at radius 1 is 1.29 bits per heavy atom.